The van der Waals surface area contributed by atoms with Gasteiger partial charge in [0.05, 0.1) is 18.9 Å². The van der Waals surface area contributed by atoms with Crippen LogP contribution in [0.1, 0.15) is 25.1 Å². The fraction of sp³-hybridized carbons (Fsp3) is 0.545. The maximum absolute atomic E-state index is 10.7. The molecule has 7 heteroatoms. The number of carbonyl (C=O) groups is 1. The van der Waals surface area contributed by atoms with Gasteiger partial charge in [-0.3, -0.25) is 4.79 Å². The minimum atomic E-state index is -1.11. The summed E-state index contributed by atoms with van der Waals surface area (Å²) in [7, 11) is 1.47. The Hall–Kier alpha value is -1.18. The van der Waals surface area contributed by atoms with E-state index in [4.69, 9.17) is 4.74 Å². The topological polar surface area (TPSA) is 92.5 Å². The van der Waals surface area contributed by atoms with Gasteiger partial charge in [0, 0.05) is 18.7 Å². The molecule has 0 spiro atoms. The number of aromatic nitrogens is 2. The van der Waals surface area contributed by atoms with Crippen molar-refractivity contribution < 1.29 is 19.7 Å². The van der Waals surface area contributed by atoms with Crippen LogP contribution in [0.5, 0.6) is 5.88 Å². The molecule has 0 fully saturated rings. The van der Waals surface area contributed by atoms with E-state index in [2.05, 4.69) is 10.2 Å². The number of hydrogen-bond donors (Lipinski definition) is 2. The van der Waals surface area contributed by atoms with Crippen LogP contribution in [0, 0.1) is 0 Å². The van der Waals surface area contributed by atoms with E-state index in [0.717, 1.165) is 11.8 Å². The van der Waals surface area contributed by atoms with E-state index in [-0.39, 0.29) is 10.8 Å². The van der Waals surface area contributed by atoms with Gasteiger partial charge in [0.25, 0.3) is 0 Å². The van der Waals surface area contributed by atoms with Gasteiger partial charge in [0.1, 0.15) is 6.10 Å². The number of nitrogens with zero attached hydrogens (tertiary/aromatic N) is 2. The minimum Gasteiger partial charge on any atom is -0.480 e. The fourth-order valence-corrected chi connectivity index (χ4v) is 1.92. The van der Waals surface area contributed by atoms with Gasteiger partial charge in [-0.15, -0.1) is 10.2 Å². The molecule has 2 atom stereocenters. The van der Waals surface area contributed by atoms with Crippen molar-refractivity contribution in [1.29, 1.82) is 0 Å². The molecule has 0 saturated heterocycles. The van der Waals surface area contributed by atoms with Gasteiger partial charge in [-0.1, -0.05) is 11.8 Å². The maximum Gasteiger partial charge on any atom is 0.233 e. The third-order valence-electron chi connectivity index (χ3n) is 2.26. The zero-order chi connectivity index (χ0) is 13.5. The summed E-state index contributed by atoms with van der Waals surface area (Å²) in [6, 6.07) is 3.10. The van der Waals surface area contributed by atoms with E-state index in [0.29, 0.717) is 18.1 Å². The van der Waals surface area contributed by atoms with Gasteiger partial charge in [0.15, 0.2) is 5.12 Å². The van der Waals surface area contributed by atoms with Crippen molar-refractivity contribution in [3.05, 3.63) is 17.8 Å². The summed E-state index contributed by atoms with van der Waals surface area (Å²) in [6.45, 7) is 1.46. The number of ether oxygens (including phenoxy) is 1. The molecule has 1 rings (SSSR count). The molecular formula is C11H16N2O4S. The van der Waals surface area contributed by atoms with Crippen LogP contribution in [0.2, 0.25) is 0 Å². The lowest BCUT2D eigenvalue weighted by Crippen LogP contribution is -2.20. The molecule has 0 amide bonds. The van der Waals surface area contributed by atoms with E-state index >= 15 is 0 Å². The van der Waals surface area contributed by atoms with Gasteiger partial charge in [-0.2, -0.15) is 0 Å². The molecule has 0 aromatic carbocycles. The van der Waals surface area contributed by atoms with Crippen LogP contribution >= 0.6 is 11.8 Å². The number of hydrogen-bond acceptors (Lipinski definition) is 7. The molecule has 1 aromatic heterocycles. The molecule has 0 bridgehead atoms. The first kappa shape index (κ1) is 14.9. The average molecular weight is 272 g/mol. The van der Waals surface area contributed by atoms with Crippen molar-refractivity contribution in [2.45, 2.75) is 25.6 Å². The van der Waals surface area contributed by atoms with Gasteiger partial charge in [0.2, 0.25) is 5.88 Å². The standard InChI is InChI=1S/C11H16N2O4S/c1-7(14)18-6-5-9(15)11(16)8-3-4-10(17-2)13-12-8/h3-4,9,11,15-16H,5-6H2,1-2H3. The fourth-order valence-electron chi connectivity index (χ4n) is 1.28. The van der Waals surface area contributed by atoms with E-state index in [1.165, 1.54) is 20.1 Å². The van der Waals surface area contributed by atoms with Gasteiger partial charge in [-0.05, 0) is 12.5 Å². The molecular weight excluding hydrogens is 256 g/mol. The van der Waals surface area contributed by atoms with Crippen molar-refractivity contribution in [2.24, 2.45) is 0 Å². The van der Waals surface area contributed by atoms with Crippen molar-refractivity contribution in [2.75, 3.05) is 12.9 Å². The molecule has 0 aliphatic rings. The molecule has 2 unspecified atom stereocenters. The lowest BCUT2D eigenvalue weighted by atomic mass is 10.1. The second-order valence-corrected chi connectivity index (χ2v) is 4.91. The van der Waals surface area contributed by atoms with Crippen LogP contribution in [-0.4, -0.2) is 44.5 Å². The molecule has 1 heterocycles. The van der Waals surface area contributed by atoms with Crippen LogP contribution in [-0.2, 0) is 4.79 Å². The minimum absolute atomic E-state index is 0.0130. The highest BCUT2D eigenvalue weighted by molar-refractivity contribution is 8.13. The molecule has 18 heavy (non-hydrogen) atoms. The van der Waals surface area contributed by atoms with Crippen molar-refractivity contribution >= 4 is 16.9 Å². The summed E-state index contributed by atoms with van der Waals surface area (Å²) in [5.74, 6) is 0.796. The molecule has 100 valence electrons. The Bertz CT molecular complexity index is 385. The first-order chi connectivity index (χ1) is 8.54. The number of aliphatic hydroxyl groups excluding tert-OH is 2. The van der Waals surface area contributed by atoms with Crippen molar-refractivity contribution in [1.82, 2.24) is 10.2 Å². The first-order valence-corrected chi connectivity index (χ1v) is 6.40. The normalized spacial score (nSPS) is 14.0. The second-order valence-electron chi connectivity index (χ2n) is 3.64. The van der Waals surface area contributed by atoms with E-state index < -0.39 is 12.2 Å². The Morgan fingerprint density at radius 3 is 2.67 bits per heavy atom. The van der Waals surface area contributed by atoms with Gasteiger partial charge >= 0.3 is 0 Å². The van der Waals surface area contributed by atoms with Crippen LogP contribution in [0.25, 0.3) is 0 Å². The quantitative estimate of drug-likeness (QED) is 0.781. The van der Waals surface area contributed by atoms with Gasteiger partial charge in [-0.25, -0.2) is 0 Å². The highest BCUT2D eigenvalue weighted by Gasteiger charge is 2.20. The number of rotatable bonds is 6. The summed E-state index contributed by atoms with van der Waals surface area (Å²) in [5, 5.41) is 27.0. The van der Waals surface area contributed by atoms with Crippen LogP contribution < -0.4 is 4.74 Å². The summed E-state index contributed by atoms with van der Waals surface area (Å²) in [5.41, 5.74) is 0.274. The maximum atomic E-state index is 10.7. The first-order valence-electron chi connectivity index (χ1n) is 5.41. The Labute approximate surface area is 109 Å². The molecule has 0 aliphatic carbocycles. The van der Waals surface area contributed by atoms with Crippen LogP contribution in [0.3, 0.4) is 0 Å². The lowest BCUT2D eigenvalue weighted by molar-refractivity contribution is -0.109. The van der Waals surface area contributed by atoms with E-state index in [1.54, 1.807) is 6.07 Å². The Morgan fingerprint density at radius 1 is 1.44 bits per heavy atom. The molecule has 0 saturated carbocycles. The largest absolute Gasteiger partial charge is 0.480 e. The van der Waals surface area contributed by atoms with E-state index in [1.807, 2.05) is 0 Å². The predicted molar refractivity (Wildman–Crippen MR) is 67.3 cm³/mol. The summed E-state index contributed by atoms with van der Waals surface area (Å²) < 4.78 is 4.84. The summed E-state index contributed by atoms with van der Waals surface area (Å²) in [4.78, 5) is 10.7. The zero-order valence-corrected chi connectivity index (χ0v) is 11.1. The smallest absolute Gasteiger partial charge is 0.233 e. The van der Waals surface area contributed by atoms with Crippen LogP contribution in [0.15, 0.2) is 12.1 Å². The molecule has 6 nitrogen and oxygen atoms in total. The van der Waals surface area contributed by atoms with Crippen LogP contribution in [0.4, 0.5) is 0 Å². The summed E-state index contributed by atoms with van der Waals surface area (Å²) >= 11 is 1.11. The zero-order valence-electron chi connectivity index (χ0n) is 10.2. The molecule has 0 aliphatic heterocycles. The highest BCUT2D eigenvalue weighted by atomic mass is 32.2. The average Bonchev–Trinajstić information content (AvgIpc) is 2.37. The number of aliphatic hydroxyl groups is 2. The Balaban J connectivity index is 2.51. The number of methoxy groups -OCH3 is 1. The Kier molecular flexibility index (Phi) is 6.03. The third-order valence-corrected chi connectivity index (χ3v) is 3.10. The van der Waals surface area contributed by atoms with Gasteiger partial charge < -0.3 is 14.9 Å². The Morgan fingerprint density at radius 2 is 2.17 bits per heavy atom. The van der Waals surface area contributed by atoms with Crippen molar-refractivity contribution in [3.63, 3.8) is 0 Å². The molecule has 2 N–H and O–H groups in total. The monoisotopic (exact) mass is 272 g/mol. The SMILES string of the molecule is COc1ccc(C(O)C(O)CCSC(C)=O)nn1. The molecule has 1 aromatic rings. The van der Waals surface area contributed by atoms with Crippen molar-refractivity contribution in [3.8, 4) is 5.88 Å². The lowest BCUT2D eigenvalue weighted by Gasteiger charge is -2.16. The highest BCUT2D eigenvalue weighted by Crippen LogP contribution is 2.19. The predicted octanol–water partition coefficient (Wildman–Crippen LogP) is 0.549. The number of thioether (sulfide) groups is 1. The summed E-state index contributed by atoms with van der Waals surface area (Å²) in [6.07, 6.45) is -1.78. The third kappa shape index (κ3) is 4.59. The van der Waals surface area contributed by atoms with E-state index in [9.17, 15) is 15.0 Å². The second kappa shape index (κ2) is 7.30. The number of carbonyl (C=O) groups excluding carboxylic acids is 1. The molecule has 0 radical (unpaired) electrons.